The molecule has 1 aromatic rings. The topological polar surface area (TPSA) is 43.1 Å². The van der Waals surface area contributed by atoms with E-state index in [4.69, 9.17) is 6.42 Å². The minimum atomic E-state index is -0.499. The van der Waals surface area contributed by atoms with Gasteiger partial charge in [-0.05, 0) is 0 Å². The molecule has 1 aromatic carbocycles. The van der Waals surface area contributed by atoms with Gasteiger partial charge in [0.25, 0.3) is 5.69 Å². The molecule has 0 bridgehead atoms. The summed E-state index contributed by atoms with van der Waals surface area (Å²) >= 11 is 0. The number of non-ortho nitro benzene ring substituents is 1. The zero-order chi connectivity index (χ0) is 8.27. The van der Waals surface area contributed by atoms with Crippen molar-refractivity contribution in [3.8, 4) is 5.92 Å². The molecule has 0 spiro atoms. The second-order valence-electron chi connectivity index (χ2n) is 1.93. The average Bonchev–Trinajstić information content (AvgIpc) is 2.05. The van der Waals surface area contributed by atoms with E-state index in [1.807, 2.05) is 0 Å². The normalized spacial score (nSPS) is 7.92. The molecule has 0 aliphatic heterocycles. The summed E-state index contributed by atoms with van der Waals surface area (Å²) in [6.07, 6.45) is 6.71. The SMILES string of the molecule is [C-]#Cc1cccc([N+](=O)[O-])c1.[Cu+]. The van der Waals surface area contributed by atoms with Gasteiger partial charge in [0.15, 0.2) is 0 Å². The summed E-state index contributed by atoms with van der Waals surface area (Å²) < 4.78 is 0. The molecule has 12 heavy (non-hydrogen) atoms. The van der Waals surface area contributed by atoms with Crippen LogP contribution in [-0.2, 0) is 17.1 Å². The van der Waals surface area contributed by atoms with E-state index in [9.17, 15) is 10.1 Å². The molecule has 0 aliphatic rings. The van der Waals surface area contributed by atoms with E-state index < -0.39 is 4.92 Å². The molecular weight excluding hydrogens is 206 g/mol. The first kappa shape index (κ1) is 10.7. The summed E-state index contributed by atoms with van der Waals surface area (Å²) in [5.74, 6) is 2.07. The molecule has 64 valence electrons. The third kappa shape index (κ3) is 2.39. The molecule has 4 heteroatoms. The van der Waals surface area contributed by atoms with Gasteiger partial charge in [-0.25, -0.2) is 0 Å². The van der Waals surface area contributed by atoms with Gasteiger partial charge in [-0.3, -0.25) is 16.0 Å². The van der Waals surface area contributed by atoms with Crippen LogP contribution in [-0.4, -0.2) is 4.92 Å². The Morgan fingerprint density at radius 3 is 2.67 bits per heavy atom. The zero-order valence-corrected chi connectivity index (χ0v) is 6.82. The van der Waals surface area contributed by atoms with E-state index >= 15 is 0 Å². The Morgan fingerprint density at radius 1 is 1.50 bits per heavy atom. The molecular formula is C8H4CuNO2. The summed E-state index contributed by atoms with van der Waals surface area (Å²) in [6, 6.07) is 5.78. The van der Waals surface area contributed by atoms with Crippen LogP contribution in [0.2, 0.25) is 0 Å². The van der Waals surface area contributed by atoms with E-state index in [0.29, 0.717) is 5.56 Å². The minimum Gasteiger partial charge on any atom is -0.366 e. The molecule has 0 fully saturated rings. The van der Waals surface area contributed by atoms with Crippen molar-refractivity contribution in [1.82, 2.24) is 0 Å². The number of hydrogen-bond acceptors (Lipinski definition) is 2. The molecule has 0 saturated heterocycles. The van der Waals surface area contributed by atoms with Crippen LogP contribution in [0.5, 0.6) is 0 Å². The summed E-state index contributed by atoms with van der Waals surface area (Å²) in [6.45, 7) is 0. The van der Waals surface area contributed by atoms with E-state index in [1.165, 1.54) is 18.2 Å². The standard InChI is InChI=1S/C8H4NO2.Cu/c1-2-7-4-3-5-8(6-7)9(10)11;/h3-6H;/q-1;+1. The predicted molar refractivity (Wildman–Crippen MR) is 39.3 cm³/mol. The largest absolute Gasteiger partial charge is 1.00 e. The molecule has 0 amide bonds. The smallest absolute Gasteiger partial charge is 0.366 e. The summed E-state index contributed by atoms with van der Waals surface area (Å²) in [4.78, 5) is 9.69. The van der Waals surface area contributed by atoms with Crippen LogP contribution in [0.4, 0.5) is 5.69 Å². The number of nitro benzene ring substituents is 1. The molecule has 0 unspecified atom stereocenters. The van der Waals surface area contributed by atoms with Crippen LogP contribution < -0.4 is 0 Å². The van der Waals surface area contributed by atoms with Gasteiger partial charge in [0, 0.05) is 6.07 Å². The van der Waals surface area contributed by atoms with Gasteiger partial charge in [-0.2, -0.15) is 0 Å². The second kappa shape index (κ2) is 4.55. The van der Waals surface area contributed by atoms with Crippen LogP contribution in [0.1, 0.15) is 5.56 Å². The van der Waals surface area contributed by atoms with Gasteiger partial charge in [-0.15, -0.1) is 11.6 Å². The molecule has 0 aromatic heterocycles. The van der Waals surface area contributed by atoms with Crippen LogP contribution in [0, 0.1) is 22.5 Å². The molecule has 0 saturated carbocycles. The molecule has 0 heterocycles. The number of nitrogens with zero attached hydrogens (tertiary/aromatic N) is 1. The maximum atomic E-state index is 10.2. The first-order valence-corrected chi connectivity index (χ1v) is 2.91. The Hall–Kier alpha value is -1.30. The molecule has 0 atom stereocenters. The summed E-state index contributed by atoms with van der Waals surface area (Å²) in [7, 11) is 0. The van der Waals surface area contributed by atoms with Crippen LogP contribution in [0.3, 0.4) is 0 Å². The first-order valence-electron chi connectivity index (χ1n) is 2.91. The Kier molecular flexibility index (Phi) is 4.06. The molecule has 1 rings (SSSR count). The molecule has 3 nitrogen and oxygen atoms in total. The predicted octanol–water partition coefficient (Wildman–Crippen LogP) is 1.53. The van der Waals surface area contributed by atoms with Crippen molar-refractivity contribution in [2.75, 3.05) is 0 Å². The Morgan fingerprint density at radius 2 is 2.17 bits per heavy atom. The Balaban J connectivity index is 0.00000121. The van der Waals surface area contributed by atoms with Crippen molar-refractivity contribution in [3.63, 3.8) is 0 Å². The van der Waals surface area contributed by atoms with E-state index in [1.54, 1.807) is 6.07 Å². The second-order valence-corrected chi connectivity index (χ2v) is 1.93. The summed E-state index contributed by atoms with van der Waals surface area (Å²) in [5, 5.41) is 10.2. The third-order valence-corrected chi connectivity index (χ3v) is 1.20. The minimum absolute atomic E-state index is 0. The van der Waals surface area contributed by atoms with Crippen LogP contribution in [0.15, 0.2) is 24.3 Å². The fourth-order valence-corrected chi connectivity index (χ4v) is 0.697. The first-order chi connectivity index (χ1) is 5.24. The van der Waals surface area contributed by atoms with Crippen LogP contribution >= 0.6 is 0 Å². The van der Waals surface area contributed by atoms with Crippen molar-refractivity contribution < 1.29 is 22.0 Å². The monoisotopic (exact) mass is 209 g/mol. The number of benzene rings is 1. The van der Waals surface area contributed by atoms with Gasteiger partial charge >= 0.3 is 17.1 Å². The van der Waals surface area contributed by atoms with Gasteiger partial charge in [-0.1, -0.05) is 12.1 Å². The quantitative estimate of drug-likeness (QED) is 0.232. The average molecular weight is 210 g/mol. The number of rotatable bonds is 1. The summed E-state index contributed by atoms with van der Waals surface area (Å²) in [5.41, 5.74) is 0.404. The Bertz CT molecular complexity index is 330. The van der Waals surface area contributed by atoms with Gasteiger partial charge < -0.3 is 6.42 Å². The van der Waals surface area contributed by atoms with E-state index in [-0.39, 0.29) is 22.8 Å². The van der Waals surface area contributed by atoms with Crippen molar-refractivity contribution in [2.24, 2.45) is 0 Å². The Labute approximate surface area is 80.4 Å². The third-order valence-electron chi connectivity index (χ3n) is 1.20. The van der Waals surface area contributed by atoms with Crippen LogP contribution in [0.25, 0.3) is 0 Å². The van der Waals surface area contributed by atoms with Crippen molar-refractivity contribution >= 4 is 5.69 Å². The molecule has 0 N–H and O–H groups in total. The number of hydrogen-bond donors (Lipinski definition) is 0. The maximum Gasteiger partial charge on any atom is 1.00 e. The maximum absolute atomic E-state index is 10.2. The molecule has 0 aliphatic carbocycles. The van der Waals surface area contributed by atoms with Gasteiger partial charge in [0.2, 0.25) is 0 Å². The van der Waals surface area contributed by atoms with Crippen molar-refractivity contribution in [3.05, 3.63) is 46.4 Å². The van der Waals surface area contributed by atoms with Crippen molar-refractivity contribution in [2.45, 2.75) is 0 Å². The van der Waals surface area contributed by atoms with E-state index in [2.05, 4.69) is 5.92 Å². The fourth-order valence-electron chi connectivity index (χ4n) is 0.697. The molecule has 0 radical (unpaired) electrons. The zero-order valence-electron chi connectivity index (χ0n) is 5.87. The van der Waals surface area contributed by atoms with E-state index in [0.717, 1.165) is 0 Å². The van der Waals surface area contributed by atoms with Gasteiger partial charge in [0.05, 0.1) is 4.92 Å². The van der Waals surface area contributed by atoms with Crippen molar-refractivity contribution in [1.29, 1.82) is 0 Å². The number of nitro groups is 1. The van der Waals surface area contributed by atoms with Gasteiger partial charge in [0.1, 0.15) is 0 Å². The fraction of sp³-hybridized carbons (Fsp3) is 0.